The molecule has 6 nitrogen and oxygen atoms in total. The van der Waals surface area contributed by atoms with Crippen LogP contribution in [-0.2, 0) is 29.0 Å². The van der Waals surface area contributed by atoms with E-state index in [1.807, 2.05) is 6.07 Å². The Hall–Kier alpha value is -2.76. The first kappa shape index (κ1) is 16.1. The van der Waals surface area contributed by atoms with E-state index in [1.54, 1.807) is 12.1 Å². The van der Waals surface area contributed by atoms with Crippen molar-refractivity contribution in [3.8, 4) is 5.75 Å². The number of ether oxygens (including phenoxy) is 2. The topological polar surface area (TPSA) is 77.8 Å². The molecule has 1 aliphatic carbocycles. The summed E-state index contributed by atoms with van der Waals surface area (Å²) < 4.78 is 15.6. The maximum Gasteiger partial charge on any atom is 0.325 e. The van der Waals surface area contributed by atoms with Crippen LogP contribution in [-0.4, -0.2) is 25.5 Å². The number of rotatable bonds is 6. The molecule has 1 aromatic carbocycles. The van der Waals surface area contributed by atoms with Crippen molar-refractivity contribution in [2.45, 2.75) is 25.9 Å². The van der Waals surface area contributed by atoms with Gasteiger partial charge >= 0.3 is 5.97 Å². The fourth-order valence-corrected chi connectivity index (χ4v) is 2.68. The minimum atomic E-state index is -0.518. The van der Waals surface area contributed by atoms with Crippen LogP contribution in [0.3, 0.4) is 0 Å². The molecule has 0 saturated carbocycles. The summed E-state index contributed by atoms with van der Waals surface area (Å²) in [4.78, 5) is 22.8. The molecule has 6 heteroatoms. The zero-order valence-electron chi connectivity index (χ0n) is 13.5. The van der Waals surface area contributed by atoms with E-state index < -0.39 is 11.9 Å². The van der Waals surface area contributed by atoms with Gasteiger partial charge in [-0.1, -0.05) is 6.07 Å². The summed E-state index contributed by atoms with van der Waals surface area (Å²) in [6.45, 7) is 0.0417. The van der Waals surface area contributed by atoms with Gasteiger partial charge in [0.05, 0.1) is 7.11 Å². The zero-order chi connectivity index (χ0) is 16.9. The number of benzene rings is 1. The molecule has 126 valence electrons. The largest absolute Gasteiger partial charge is 0.486 e. The number of fused-ring (bicyclic) bond motifs is 1. The van der Waals surface area contributed by atoms with Crippen LogP contribution in [0.4, 0.5) is 0 Å². The van der Waals surface area contributed by atoms with Crippen molar-refractivity contribution < 1.29 is 23.5 Å². The van der Waals surface area contributed by atoms with Crippen LogP contribution >= 0.6 is 0 Å². The molecule has 0 fully saturated rings. The van der Waals surface area contributed by atoms with E-state index in [9.17, 15) is 9.59 Å². The predicted molar refractivity (Wildman–Crippen MR) is 85.9 cm³/mol. The molecule has 1 aromatic heterocycles. The number of methoxy groups -OCH3 is 1. The molecule has 24 heavy (non-hydrogen) atoms. The first-order chi connectivity index (χ1) is 11.7. The normalized spacial score (nSPS) is 12.5. The summed E-state index contributed by atoms with van der Waals surface area (Å²) in [6, 6.07) is 9.35. The van der Waals surface area contributed by atoms with Crippen LogP contribution in [0, 0.1) is 0 Å². The van der Waals surface area contributed by atoms with Crippen LogP contribution in [0.15, 0.2) is 34.7 Å². The molecule has 0 radical (unpaired) electrons. The summed E-state index contributed by atoms with van der Waals surface area (Å²) in [5, 5.41) is 2.42. The summed E-state index contributed by atoms with van der Waals surface area (Å²) in [7, 11) is 1.26. The second-order valence-electron chi connectivity index (χ2n) is 5.60. The Morgan fingerprint density at radius 3 is 2.83 bits per heavy atom. The number of carbonyl (C=O) groups excluding carboxylic acids is 2. The van der Waals surface area contributed by atoms with E-state index in [4.69, 9.17) is 9.15 Å². The van der Waals surface area contributed by atoms with E-state index in [-0.39, 0.29) is 18.9 Å². The molecule has 1 amide bonds. The Morgan fingerprint density at radius 1 is 1.17 bits per heavy atom. The van der Waals surface area contributed by atoms with Gasteiger partial charge in [-0.15, -0.1) is 0 Å². The minimum Gasteiger partial charge on any atom is -0.486 e. The second kappa shape index (κ2) is 7.21. The van der Waals surface area contributed by atoms with Crippen LogP contribution in [0.1, 0.15) is 33.9 Å². The smallest absolute Gasteiger partial charge is 0.325 e. The molecule has 1 N–H and O–H groups in total. The molecule has 0 unspecified atom stereocenters. The Kier molecular flexibility index (Phi) is 4.84. The molecule has 0 atom stereocenters. The lowest BCUT2D eigenvalue weighted by Crippen LogP contribution is -2.29. The molecule has 0 bridgehead atoms. The SMILES string of the molecule is COC(=O)CNC(=O)c1ccc(COc2ccc3c(c2)CCC3)o1. The lowest BCUT2D eigenvalue weighted by atomic mass is 10.1. The van der Waals surface area contributed by atoms with Crippen molar-refractivity contribution >= 4 is 11.9 Å². The fourth-order valence-electron chi connectivity index (χ4n) is 2.68. The van der Waals surface area contributed by atoms with Gasteiger partial charge in [0.25, 0.3) is 5.91 Å². The monoisotopic (exact) mass is 329 g/mol. The van der Waals surface area contributed by atoms with Crippen molar-refractivity contribution in [1.82, 2.24) is 5.32 Å². The summed E-state index contributed by atoms with van der Waals surface area (Å²) in [5.74, 6) is 0.480. The lowest BCUT2D eigenvalue weighted by molar-refractivity contribution is -0.139. The predicted octanol–water partition coefficient (Wildman–Crippen LogP) is 2.25. The number of amides is 1. The highest BCUT2D eigenvalue weighted by atomic mass is 16.5. The van der Waals surface area contributed by atoms with Crippen molar-refractivity contribution in [1.29, 1.82) is 0 Å². The number of nitrogens with one attached hydrogen (secondary N) is 1. The van der Waals surface area contributed by atoms with Gasteiger partial charge in [-0.2, -0.15) is 0 Å². The van der Waals surface area contributed by atoms with Gasteiger partial charge in [0, 0.05) is 0 Å². The summed E-state index contributed by atoms with van der Waals surface area (Å²) in [6.07, 6.45) is 3.43. The number of hydrogen-bond acceptors (Lipinski definition) is 5. The van der Waals surface area contributed by atoms with E-state index >= 15 is 0 Å². The van der Waals surface area contributed by atoms with Gasteiger partial charge in [0.2, 0.25) is 0 Å². The number of carbonyl (C=O) groups is 2. The van der Waals surface area contributed by atoms with E-state index in [0.29, 0.717) is 5.76 Å². The van der Waals surface area contributed by atoms with Crippen molar-refractivity contribution in [3.05, 3.63) is 53.0 Å². The second-order valence-corrected chi connectivity index (χ2v) is 5.60. The third-order valence-corrected chi connectivity index (χ3v) is 3.96. The number of esters is 1. The van der Waals surface area contributed by atoms with Crippen LogP contribution in [0.25, 0.3) is 0 Å². The Balaban J connectivity index is 1.54. The van der Waals surface area contributed by atoms with Gasteiger partial charge < -0.3 is 19.2 Å². The molecule has 2 aromatic rings. The van der Waals surface area contributed by atoms with E-state index in [0.717, 1.165) is 18.6 Å². The van der Waals surface area contributed by atoms with Gasteiger partial charge in [0.15, 0.2) is 5.76 Å². The number of hydrogen-bond donors (Lipinski definition) is 1. The quantitative estimate of drug-likeness (QED) is 0.823. The summed E-state index contributed by atoms with van der Waals surface area (Å²) in [5.41, 5.74) is 2.74. The molecular weight excluding hydrogens is 310 g/mol. The minimum absolute atomic E-state index is 0.131. The standard InChI is InChI=1S/C18H19NO5/c1-22-17(20)10-19-18(21)16-8-7-15(24-16)11-23-14-6-5-12-3-2-4-13(12)9-14/h5-9H,2-4,10-11H2,1H3,(H,19,21). The highest BCUT2D eigenvalue weighted by Gasteiger charge is 2.14. The molecular formula is C18H19NO5. The van der Waals surface area contributed by atoms with Crippen LogP contribution in [0.5, 0.6) is 5.75 Å². The third-order valence-electron chi connectivity index (χ3n) is 3.96. The molecule has 0 spiro atoms. The van der Waals surface area contributed by atoms with E-state index in [2.05, 4.69) is 22.2 Å². The molecule has 1 heterocycles. The van der Waals surface area contributed by atoms with Gasteiger partial charge in [-0.05, 0) is 54.7 Å². The number of furan rings is 1. The highest BCUT2D eigenvalue weighted by Crippen LogP contribution is 2.26. The van der Waals surface area contributed by atoms with Crippen LogP contribution < -0.4 is 10.1 Å². The molecule has 3 rings (SSSR count). The maximum atomic E-state index is 11.8. The Morgan fingerprint density at radius 2 is 2.00 bits per heavy atom. The maximum absolute atomic E-state index is 11.8. The third kappa shape index (κ3) is 3.76. The van der Waals surface area contributed by atoms with E-state index in [1.165, 1.54) is 24.7 Å². The molecule has 0 saturated heterocycles. The van der Waals surface area contributed by atoms with Crippen molar-refractivity contribution in [2.75, 3.05) is 13.7 Å². The molecule has 1 aliphatic rings. The van der Waals surface area contributed by atoms with Gasteiger partial charge in [-0.3, -0.25) is 9.59 Å². The summed E-state index contributed by atoms with van der Waals surface area (Å²) >= 11 is 0. The fraction of sp³-hybridized carbons (Fsp3) is 0.333. The average Bonchev–Trinajstić information content (AvgIpc) is 3.25. The van der Waals surface area contributed by atoms with Crippen LogP contribution in [0.2, 0.25) is 0 Å². The van der Waals surface area contributed by atoms with Crippen molar-refractivity contribution in [3.63, 3.8) is 0 Å². The molecule has 0 aliphatic heterocycles. The van der Waals surface area contributed by atoms with Gasteiger partial charge in [0.1, 0.15) is 24.7 Å². The number of aryl methyl sites for hydroxylation is 2. The average molecular weight is 329 g/mol. The Labute approximate surface area is 139 Å². The van der Waals surface area contributed by atoms with Gasteiger partial charge in [-0.25, -0.2) is 0 Å². The first-order valence-corrected chi connectivity index (χ1v) is 7.84. The lowest BCUT2D eigenvalue weighted by Gasteiger charge is -2.06. The zero-order valence-corrected chi connectivity index (χ0v) is 13.5. The Bertz CT molecular complexity index is 750. The highest BCUT2D eigenvalue weighted by molar-refractivity contribution is 5.93. The first-order valence-electron chi connectivity index (χ1n) is 7.84. The van der Waals surface area contributed by atoms with Crippen molar-refractivity contribution in [2.24, 2.45) is 0 Å².